The number of carbonyl (C=O) groups is 1. The molecule has 162 valence electrons. The van der Waals surface area contributed by atoms with Crippen molar-refractivity contribution in [2.75, 3.05) is 5.01 Å². The Balaban J connectivity index is 1.72. The molecule has 7 nitrogen and oxygen atoms in total. The van der Waals surface area contributed by atoms with Crippen LogP contribution in [0.4, 0.5) is 24.5 Å². The maximum Gasteiger partial charge on any atom is 0.435 e. The summed E-state index contributed by atoms with van der Waals surface area (Å²) in [5.74, 6) is -0.776. The summed E-state index contributed by atoms with van der Waals surface area (Å²) in [5, 5.41) is 15.3. The fraction of sp³-hybridized carbons (Fsp3) is 0.0909. The molecule has 32 heavy (non-hydrogen) atoms. The van der Waals surface area contributed by atoms with Gasteiger partial charge < -0.3 is 4.42 Å². The first-order valence-electron chi connectivity index (χ1n) is 9.28. The van der Waals surface area contributed by atoms with Crippen LogP contribution in [-0.2, 0) is 4.79 Å². The van der Waals surface area contributed by atoms with Crippen LogP contribution in [0.5, 0.6) is 0 Å². The zero-order chi connectivity index (χ0) is 23.0. The van der Waals surface area contributed by atoms with Crippen LogP contribution >= 0.6 is 0 Å². The molecule has 1 aliphatic rings. The fourth-order valence-electron chi connectivity index (χ4n) is 3.19. The molecular formula is C22H14F3N3O4. The van der Waals surface area contributed by atoms with Crippen molar-refractivity contribution in [2.24, 2.45) is 5.10 Å². The molecule has 0 bridgehead atoms. The molecule has 0 atom stereocenters. The molecule has 1 aliphatic heterocycles. The zero-order valence-corrected chi connectivity index (χ0v) is 16.5. The highest BCUT2D eigenvalue weighted by molar-refractivity contribution is 6.34. The Bertz CT molecular complexity index is 1280. The van der Waals surface area contributed by atoms with Crippen molar-refractivity contribution in [1.82, 2.24) is 0 Å². The SMILES string of the molecule is Cc1ccc(-c2ccc(/C=C3\C(=O)N(c4ccccc4)N=C3C(F)(F)F)o2)cc1[N+](=O)[O-]. The van der Waals surface area contributed by atoms with Crippen molar-refractivity contribution in [3.05, 3.63) is 87.7 Å². The number of halogens is 3. The Hall–Kier alpha value is -4.21. The van der Waals surface area contributed by atoms with Gasteiger partial charge in [0, 0.05) is 17.2 Å². The van der Waals surface area contributed by atoms with Gasteiger partial charge in [-0.15, -0.1) is 0 Å². The number of hydrogen-bond acceptors (Lipinski definition) is 5. The number of benzene rings is 2. The third-order valence-electron chi connectivity index (χ3n) is 4.75. The molecule has 0 N–H and O–H groups in total. The summed E-state index contributed by atoms with van der Waals surface area (Å²) in [6.45, 7) is 1.59. The molecule has 0 spiro atoms. The van der Waals surface area contributed by atoms with Gasteiger partial charge in [-0.05, 0) is 37.3 Å². The van der Waals surface area contributed by atoms with Gasteiger partial charge in [0.1, 0.15) is 11.5 Å². The highest BCUT2D eigenvalue weighted by atomic mass is 19.4. The summed E-state index contributed by atoms with van der Waals surface area (Å²) in [6.07, 6.45) is -3.90. The number of para-hydroxylation sites is 1. The van der Waals surface area contributed by atoms with Gasteiger partial charge in [0.05, 0.1) is 16.2 Å². The van der Waals surface area contributed by atoms with E-state index >= 15 is 0 Å². The molecule has 0 saturated heterocycles. The lowest BCUT2D eigenvalue weighted by molar-refractivity contribution is -0.385. The second-order valence-corrected chi connectivity index (χ2v) is 6.92. The topological polar surface area (TPSA) is 89.0 Å². The van der Waals surface area contributed by atoms with E-state index in [1.165, 1.54) is 30.3 Å². The highest BCUT2D eigenvalue weighted by Crippen LogP contribution is 2.34. The van der Waals surface area contributed by atoms with Crippen molar-refractivity contribution >= 4 is 29.1 Å². The average molecular weight is 441 g/mol. The molecule has 1 amide bonds. The van der Waals surface area contributed by atoms with Crippen LogP contribution in [0.3, 0.4) is 0 Å². The minimum Gasteiger partial charge on any atom is -0.457 e. The number of rotatable bonds is 4. The largest absolute Gasteiger partial charge is 0.457 e. The van der Waals surface area contributed by atoms with Crippen LogP contribution in [-0.4, -0.2) is 22.7 Å². The number of hydrazone groups is 1. The normalized spacial score (nSPS) is 15.4. The number of nitro groups is 1. The van der Waals surface area contributed by atoms with E-state index in [1.54, 1.807) is 37.3 Å². The third kappa shape index (κ3) is 3.89. The second kappa shape index (κ2) is 7.80. The lowest BCUT2D eigenvalue weighted by Gasteiger charge is -2.10. The van der Waals surface area contributed by atoms with E-state index in [0.29, 0.717) is 16.1 Å². The van der Waals surface area contributed by atoms with Crippen molar-refractivity contribution in [3.8, 4) is 11.3 Å². The summed E-state index contributed by atoms with van der Waals surface area (Å²) < 4.78 is 46.2. The monoisotopic (exact) mass is 441 g/mol. The summed E-state index contributed by atoms with van der Waals surface area (Å²) >= 11 is 0. The molecule has 0 unspecified atom stereocenters. The van der Waals surface area contributed by atoms with Gasteiger partial charge in [0.25, 0.3) is 11.6 Å². The molecule has 3 aromatic rings. The van der Waals surface area contributed by atoms with Crippen LogP contribution in [0.1, 0.15) is 11.3 Å². The number of anilines is 1. The van der Waals surface area contributed by atoms with Crippen LogP contribution in [0.25, 0.3) is 17.4 Å². The van der Waals surface area contributed by atoms with Crippen molar-refractivity contribution in [3.63, 3.8) is 0 Å². The van der Waals surface area contributed by atoms with E-state index in [1.807, 2.05) is 0 Å². The predicted molar refractivity (Wildman–Crippen MR) is 111 cm³/mol. The number of alkyl halides is 3. The Morgan fingerprint density at radius 1 is 1.09 bits per heavy atom. The molecule has 2 aromatic carbocycles. The Kier molecular flexibility index (Phi) is 5.13. The summed E-state index contributed by atoms with van der Waals surface area (Å²) in [4.78, 5) is 23.4. The van der Waals surface area contributed by atoms with E-state index in [2.05, 4.69) is 5.10 Å². The van der Waals surface area contributed by atoms with Gasteiger partial charge in [0.15, 0.2) is 5.71 Å². The van der Waals surface area contributed by atoms with Gasteiger partial charge >= 0.3 is 6.18 Å². The van der Waals surface area contributed by atoms with Crippen LogP contribution in [0.15, 0.2) is 75.8 Å². The Morgan fingerprint density at radius 3 is 2.47 bits per heavy atom. The number of hydrogen-bond donors (Lipinski definition) is 0. The number of amides is 1. The fourth-order valence-corrected chi connectivity index (χ4v) is 3.19. The lowest BCUT2D eigenvalue weighted by atomic mass is 10.1. The van der Waals surface area contributed by atoms with Gasteiger partial charge in [-0.2, -0.15) is 23.3 Å². The van der Waals surface area contributed by atoms with Crippen LogP contribution in [0.2, 0.25) is 0 Å². The van der Waals surface area contributed by atoms with Gasteiger partial charge in [0.2, 0.25) is 0 Å². The van der Waals surface area contributed by atoms with Gasteiger partial charge in [-0.3, -0.25) is 14.9 Å². The van der Waals surface area contributed by atoms with Gasteiger partial charge in [-0.1, -0.05) is 30.3 Å². The van der Waals surface area contributed by atoms with E-state index in [4.69, 9.17) is 4.42 Å². The van der Waals surface area contributed by atoms with Crippen LogP contribution in [0, 0.1) is 17.0 Å². The van der Waals surface area contributed by atoms with Gasteiger partial charge in [-0.25, -0.2) is 0 Å². The minimum absolute atomic E-state index is 0.0292. The first kappa shape index (κ1) is 21.0. The van der Waals surface area contributed by atoms with Crippen molar-refractivity contribution in [2.45, 2.75) is 13.1 Å². The van der Waals surface area contributed by atoms with Crippen molar-refractivity contribution in [1.29, 1.82) is 0 Å². The first-order valence-corrected chi connectivity index (χ1v) is 9.28. The quantitative estimate of drug-likeness (QED) is 0.303. The standard InChI is InChI=1S/C22H14F3N3O4/c1-13-7-8-14(11-18(13)28(30)31)19-10-9-16(32-19)12-17-20(22(23,24)25)26-27(21(17)29)15-5-3-2-4-6-15/h2-12H,1H3/b17-12-. The van der Waals surface area contributed by atoms with E-state index in [9.17, 15) is 28.1 Å². The smallest absolute Gasteiger partial charge is 0.435 e. The predicted octanol–water partition coefficient (Wildman–Crippen LogP) is 5.51. The lowest BCUT2D eigenvalue weighted by Crippen LogP contribution is -2.25. The molecule has 4 rings (SSSR count). The van der Waals surface area contributed by atoms with Crippen molar-refractivity contribution < 1.29 is 27.3 Å². The second-order valence-electron chi connectivity index (χ2n) is 6.92. The van der Waals surface area contributed by atoms with E-state index in [-0.39, 0.29) is 22.9 Å². The maximum absolute atomic E-state index is 13.6. The molecule has 1 aromatic heterocycles. The summed E-state index contributed by atoms with van der Waals surface area (Å²) in [5.41, 5.74) is -1.10. The molecule has 0 radical (unpaired) electrons. The molecular weight excluding hydrogens is 427 g/mol. The maximum atomic E-state index is 13.6. The summed E-state index contributed by atoms with van der Waals surface area (Å²) in [7, 11) is 0. The molecule has 0 aliphatic carbocycles. The minimum atomic E-state index is -4.86. The summed E-state index contributed by atoms with van der Waals surface area (Å²) in [6, 6.07) is 15.0. The van der Waals surface area contributed by atoms with Crippen LogP contribution < -0.4 is 5.01 Å². The Labute approximate surface area is 179 Å². The highest BCUT2D eigenvalue weighted by Gasteiger charge is 2.47. The van der Waals surface area contributed by atoms with E-state index in [0.717, 1.165) is 6.08 Å². The first-order chi connectivity index (χ1) is 15.1. The number of aryl methyl sites for hydroxylation is 1. The molecule has 10 heteroatoms. The Morgan fingerprint density at radius 2 is 1.81 bits per heavy atom. The number of furan rings is 1. The molecule has 0 saturated carbocycles. The molecule has 2 heterocycles. The number of carbonyl (C=O) groups excluding carboxylic acids is 1. The third-order valence-corrected chi connectivity index (χ3v) is 4.75. The average Bonchev–Trinajstić information content (AvgIpc) is 3.34. The number of nitrogens with zero attached hydrogens (tertiary/aromatic N) is 3. The van der Waals surface area contributed by atoms with E-state index < -0.39 is 28.3 Å². The molecule has 0 fully saturated rings. The zero-order valence-electron chi connectivity index (χ0n) is 16.5. The number of nitro benzene ring substituents is 1.